The highest BCUT2D eigenvalue weighted by Gasteiger charge is 2.40. The van der Waals surface area contributed by atoms with E-state index in [9.17, 15) is 18.0 Å². The third-order valence-electron chi connectivity index (χ3n) is 4.46. The van der Waals surface area contributed by atoms with Gasteiger partial charge in [-0.25, -0.2) is 8.42 Å². The van der Waals surface area contributed by atoms with Crippen molar-refractivity contribution in [1.29, 1.82) is 0 Å². The number of aromatic amines is 1. The summed E-state index contributed by atoms with van der Waals surface area (Å²) in [6.07, 6.45) is 4.36. The summed E-state index contributed by atoms with van der Waals surface area (Å²) in [5.74, 6) is -0.188. The van der Waals surface area contributed by atoms with Crippen LogP contribution in [0.3, 0.4) is 0 Å². The number of fused-ring (bicyclic) bond motifs is 4. The van der Waals surface area contributed by atoms with E-state index in [0.717, 1.165) is 12.8 Å². The summed E-state index contributed by atoms with van der Waals surface area (Å²) in [5.41, 5.74) is -0.298. The van der Waals surface area contributed by atoms with Crippen molar-refractivity contribution >= 4 is 15.9 Å². The normalized spacial score (nSPS) is 26.0. The SMILES string of the molecule is CS(=O)(=O)N1C[C@H]2CC[C@@H](C1)N(C(=O)c1ccc[nH]c1=O)C2. The van der Waals surface area contributed by atoms with Crippen LogP contribution in [0, 0.1) is 5.92 Å². The van der Waals surface area contributed by atoms with Gasteiger partial charge in [-0.2, -0.15) is 4.31 Å². The van der Waals surface area contributed by atoms with Crippen molar-refractivity contribution in [3.05, 3.63) is 34.2 Å². The van der Waals surface area contributed by atoms with E-state index in [1.54, 1.807) is 11.0 Å². The highest BCUT2D eigenvalue weighted by atomic mass is 32.2. The summed E-state index contributed by atoms with van der Waals surface area (Å²) in [6, 6.07) is 2.96. The lowest BCUT2D eigenvalue weighted by atomic mass is 9.94. The van der Waals surface area contributed by atoms with Crippen molar-refractivity contribution in [3.8, 4) is 0 Å². The molecular formula is C14H19N3O4S. The van der Waals surface area contributed by atoms with Crippen LogP contribution in [0.15, 0.2) is 23.1 Å². The molecule has 3 saturated heterocycles. The Balaban J connectivity index is 1.89. The minimum atomic E-state index is -3.27. The van der Waals surface area contributed by atoms with E-state index in [1.165, 1.54) is 22.8 Å². The fourth-order valence-corrected chi connectivity index (χ4v) is 4.23. The maximum absolute atomic E-state index is 12.7. The molecule has 3 aliphatic heterocycles. The number of pyridine rings is 1. The summed E-state index contributed by atoms with van der Waals surface area (Å²) in [6.45, 7) is 1.26. The number of amides is 1. The van der Waals surface area contributed by atoms with Gasteiger partial charge in [-0.3, -0.25) is 9.59 Å². The van der Waals surface area contributed by atoms with Gasteiger partial charge in [-0.05, 0) is 30.9 Å². The van der Waals surface area contributed by atoms with Gasteiger partial charge in [0.25, 0.3) is 11.5 Å². The summed E-state index contributed by atoms with van der Waals surface area (Å²) in [5, 5.41) is 0. The third kappa shape index (κ3) is 2.80. The number of sulfonamides is 1. The van der Waals surface area contributed by atoms with E-state index < -0.39 is 15.6 Å². The molecule has 8 heteroatoms. The van der Waals surface area contributed by atoms with E-state index in [4.69, 9.17) is 0 Å². The minimum Gasteiger partial charge on any atom is -0.334 e. The number of piperidine rings is 1. The second-order valence-electron chi connectivity index (χ2n) is 6.05. The van der Waals surface area contributed by atoms with E-state index in [0.29, 0.717) is 19.6 Å². The fraction of sp³-hybridized carbons (Fsp3) is 0.571. The van der Waals surface area contributed by atoms with Gasteiger partial charge in [-0.15, -0.1) is 0 Å². The maximum Gasteiger partial charge on any atom is 0.260 e. The van der Waals surface area contributed by atoms with Gasteiger partial charge in [-0.1, -0.05) is 0 Å². The van der Waals surface area contributed by atoms with E-state index in [2.05, 4.69) is 4.98 Å². The van der Waals surface area contributed by atoms with Gasteiger partial charge >= 0.3 is 0 Å². The summed E-state index contributed by atoms with van der Waals surface area (Å²) >= 11 is 0. The number of H-pyrrole nitrogens is 1. The van der Waals surface area contributed by atoms with Crippen molar-refractivity contribution < 1.29 is 13.2 Å². The second-order valence-corrected chi connectivity index (χ2v) is 8.03. The van der Waals surface area contributed by atoms with Gasteiger partial charge in [0.2, 0.25) is 10.0 Å². The Morgan fingerprint density at radius 3 is 2.73 bits per heavy atom. The van der Waals surface area contributed by atoms with Crippen LogP contribution in [-0.4, -0.2) is 60.4 Å². The van der Waals surface area contributed by atoms with E-state index in [1.807, 2.05) is 0 Å². The average Bonchev–Trinajstić information content (AvgIpc) is 2.78. The third-order valence-corrected chi connectivity index (χ3v) is 5.69. The average molecular weight is 325 g/mol. The van der Waals surface area contributed by atoms with Gasteiger partial charge in [0.15, 0.2) is 0 Å². The molecule has 7 nitrogen and oxygen atoms in total. The van der Waals surface area contributed by atoms with E-state index >= 15 is 0 Å². The molecule has 1 amide bonds. The Morgan fingerprint density at radius 2 is 2.05 bits per heavy atom. The number of aromatic nitrogens is 1. The lowest BCUT2D eigenvalue weighted by Gasteiger charge is -2.36. The van der Waals surface area contributed by atoms with Gasteiger partial charge in [0, 0.05) is 31.9 Å². The standard InChI is InChI=1S/C14H19N3O4S/c1-22(20,21)16-7-10-4-5-11(9-16)17(8-10)14(19)12-3-2-6-15-13(12)18/h2-3,6,10-11H,4-5,7-9H2,1H3,(H,15,18)/t10-,11+/m1/s1. The smallest absolute Gasteiger partial charge is 0.260 e. The van der Waals surface area contributed by atoms with Crippen LogP contribution in [0.5, 0.6) is 0 Å². The highest BCUT2D eigenvalue weighted by molar-refractivity contribution is 7.88. The molecule has 1 aromatic rings. The molecule has 0 saturated carbocycles. The van der Waals surface area contributed by atoms with Crippen molar-refractivity contribution in [2.75, 3.05) is 25.9 Å². The highest BCUT2D eigenvalue weighted by Crippen LogP contribution is 2.29. The summed E-state index contributed by atoms with van der Waals surface area (Å²) in [7, 11) is -3.27. The number of hydrogen-bond donors (Lipinski definition) is 1. The van der Waals surface area contributed by atoms with Crippen LogP contribution in [0.4, 0.5) is 0 Å². The molecule has 2 bridgehead atoms. The lowest BCUT2D eigenvalue weighted by molar-refractivity contribution is 0.0587. The van der Waals surface area contributed by atoms with Gasteiger partial charge in [0.05, 0.1) is 6.26 Å². The van der Waals surface area contributed by atoms with Gasteiger partial charge in [0.1, 0.15) is 5.56 Å². The molecule has 0 spiro atoms. The Bertz CT molecular complexity index is 742. The molecule has 1 N–H and O–H groups in total. The first-order valence-electron chi connectivity index (χ1n) is 7.30. The first-order chi connectivity index (χ1) is 10.4. The summed E-state index contributed by atoms with van der Waals surface area (Å²) < 4.78 is 25.1. The van der Waals surface area contributed by atoms with Crippen molar-refractivity contribution in [3.63, 3.8) is 0 Å². The first kappa shape index (κ1) is 15.2. The van der Waals surface area contributed by atoms with Crippen LogP contribution in [-0.2, 0) is 10.0 Å². The van der Waals surface area contributed by atoms with Crippen LogP contribution >= 0.6 is 0 Å². The van der Waals surface area contributed by atoms with Crippen LogP contribution in [0.1, 0.15) is 23.2 Å². The molecule has 22 heavy (non-hydrogen) atoms. The van der Waals surface area contributed by atoms with E-state index in [-0.39, 0.29) is 23.4 Å². The molecule has 3 fully saturated rings. The van der Waals surface area contributed by atoms with Gasteiger partial charge < -0.3 is 9.88 Å². The first-order valence-corrected chi connectivity index (χ1v) is 9.15. The molecule has 0 aromatic carbocycles. The Morgan fingerprint density at radius 1 is 1.27 bits per heavy atom. The predicted octanol–water partition coefficient (Wildman–Crippen LogP) is -0.129. The predicted molar refractivity (Wildman–Crippen MR) is 81.0 cm³/mol. The fourth-order valence-electron chi connectivity index (χ4n) is 3.30. The Hall–Kier alpha value is -1.67. The van der Waals surface area contributed by atoms with Crippen molar-refractivity contribution in [1.82, 2.24) is 14.2 Å². The quantitative estimate of drug-likeness (QED) is 0.820. The molecule has 1 aromatic heterocycles. The Labute approximate surface area is 129 Å². The Kier molecular flexibility index (Phi) is 3.82. The number of carbonyl (C=O) groups is 1. The number of hydrogen-bond acceptors (Lipinski definition) is 4. The topological polar surface area (TPSA) is 90.6 Å². The molecular weight excluding hydrogens is 306 g/mol. The number of carbonyl (C=O) groups excluding carboxylic acids is 1. The molecule has 0 radical (unpaired) electrons. The molecule has 4 rings (SSSR count). The van der Waals surface area contributed by atoms with Crippen molar-refractivity contribution in [2.45, 2.75) is 18.9 Å². The molecule has 0 unspecified atom stereocenters. The monoisotopic (exact) mass is 325 g/mol. The zero-order valence-electron chi connectivity index (χ0n) is 12.4. The summed E-state index contributed by atoms with van der Waals surface area (Å²) in [4.78, 5) is 28.6. The zero-order valence-corrected chi connectivity index (χ0v) is 13.2. The van der Waals surface area contributed by atoms with Crippen LogP contribution in [0.25, 0.3) is 0 Å². The molecule has 3 aliphatic rings. The maximum atomic E-state index is 12.7. The van der Waals surface area contributed by atoms with Crippen molar-refractivity contribution in [2.24, 2.45) is 5.92 Å². The van der Waals surface area contributed by atoms with Crippen LogP contribution < -0.4 is 5.56 Å². The molecule has 2 atom stereocenters. The molecule has 120 valence electrons. The number of nitrogens with zero attached hydrogens (tertiary/aromatic N) is 2. The second kappa shape index (κ2) is 5.51. The lowest BCUT2D eigenvalue weighted by Crippen LogP contribution is -2.48. The molecule has 0 aliphatic carbocycles. The number of nitrogens with one attached hydrogen (secondary N) is 1. The zero-order chi connectivity index (χ0) is 15.9. The number of rotatable bonds is 2. The largest absolute Gasteiger partial charge is 0.334 e. The molecule has 4 heterocycles. The van der Waals surface area contributed by atoms with Crippen LogP contribution in [0.2, 0.25) is 0 Å². The minimum absolute atomic E-state index is 0.112.